The van der Waals surface area contributed by atoms with Gasteiger partial charge >= 0.3 is 5.97 Å². The van der Waals surface area contributed by atoms with Gasteiger partial charge in [0.1, 0.15) is 6.04 Å². The predicted molar refractivity (Wildman–Crippen MR) is 114 cm³/mol. The lowest BCUT2D eigenvalue weighted by atomic mass is 10.1. The van der Waals surface area contributed by atoms with E-state index in [1.165, 1.54) is 25.1 Å². The lowest BCUT2D eigenvalue weighted by Gasteiger charge is -2.15. The number of rotatable bonds is 5. The molecule has 0 spiro atoms. The van der Waals surface area contributed by atoms with Gasteiger partial charge in [0.25, 0.3) is 11.5 Å². The highest BCUT2D eigenvalue weighted by Gasteiger charge is 2.23. The number of nitrogens with one attached hydrogen (secondary N) is 1. The molecule has 0 radical (unpaired) electrons. The number of carbonyl (C=O) groups is 2. The fraction of sp³-hybridized carbons (Fsp3) is 0.0952. The summed E-state index contributed by atoms with van der Waals surface area (Å²) in [6.45, 7) is 1.40. The summed E-state index contributed by atoms with van der Waals surface area (Å²) in [4.78, 5) is 41.3. The highest BCUT2D eigenvalue weighted by molar-refractivity contribution is 7.14. The first kappa shape index (κ1) is 21.2. The van der Waals surface area contributed by atoms with Crippen LogP contribution in [0.4, 0.5) is 13.9 Å². The number of hydrogen-bond donors (Lipinski definition) is 2. The molecule has 1 amide bonds. The Bertz CT molecular complexity index is 1430. The number of aromatic nitrogens is 3. The second kappa shape index (κ2) is 8.27. The van der Waals surface area contributed by atoms with Gasteiger partial charge in [0.05, 0.1) is 11.1 Å². The SMILES string of the molecule is CC(C(=O)Nc1nc(-c2ccc(F)c(F)c2)cs1)n1nc(C(=O)O)c2ccccc2c1=O. The maximum absolute atomic E-state index is 13.5. The summed E-state index contributed by atoms with van der Waals surface area (Å²) in [6.07, 6.45) is 0. The average molecular weight is 456 g/mol. The third-order valence-corrected chi connectivity index (χ3v) is 5.48. The summed E-state index contributed by atoms with van der Waals surface area (Å²) >= 11 is 1.05. The maximum atomic E-state index is 13.5. The van der Waals surface area contributed by atoms with E-state index in [1.807, 2.05) is 0 Å². The van der Waals surface area contributed by atoms with Gasteiger partial charge in [-0.05, 0) is 31.2 Å². The van der Waals surface area contributed by atoms with Crippen LogP contribution in [0.3, 0.4) is 0 Å². The number of nitrogens with zero attached hydrogens (tertiary/aromatic N) is 3. The summed E-state index contributed by atoms with van der Waals surface area (Å²) in [6, 6.07) is 8.27. The molecular weight excluding hydrogens is 442 g/mol. The first-order chi connectivity index (χ1) is 15.3. The summed E-state index contributed by atoms with van der Waals surface area (Å²) in [7, 11) is 0. The fourth-order valence-corrected chi connectivity index (χ4v) is 3.79. The molecule has 0 bridgehead atoms. The number of benzene rings is 2. The molecule has 0 aliphatic rings. The number of fused-ring (bicyclic) bond motifs is 1. The normalized spacial score (nSPS) is 12.0. The monoisotopic (exact) mass is 456 g/mol. The number of aromatic carboxylic acids is 1. The van der Waals surface area contributed by atoms with Crippen LogP contribution < -0.4 is 10.9 Å². The topological polar surface area (TPSA) is 114 Å². The molecule has 0 aliphatic carbocycles. The Morgan fingerprint density at radius 1 is 1.12 bits per heavy atom. The number of carboxylic acid groups (broad SMARTS) is 1. The minimum Gasteiger partial charge on any atom is -0.476 e. The number of thiazole rings is 1. The van der Waals surface area contributed by atoms with E-state index in [2.05, 4.69) is 15.4 Å². The van der Waals surface area contributed by atoms with Crippen molar-refractivity contribution < 1.29 is 23.5 Å². The quantitative estimate of drug-likeness (QED) is 0.473. The smallest absolute Gasteiger partial charge is 0.357 e. The summed E-state index contributed by atoms with van der Waals surface area (Å²) in [5, 5.41) is 17.9. The van der Waals surface area contributed by atoms with Crippen LogP contribution in [0.5, 0.6) is 0 Å². The van der Waals surface area contributed by atoms with Crippen LogP contribution in [0, 0.1) is 11.6 Å². The standard InChI is InChI=1S/C21H14F2N4O4S/c1-10(27-19(29)13-5-3-2-4-12(13)17(26-27)20(30)31)18(28)25-21-24-16(9-32-21)11-6-7-14(22)15(23)8-11/h2-10H,1H3,(H,30,31)(H,24,25,28). The van der Waals surface area contributed by atoms with E-state index in [1.54, 1.807) is 17.5 Å². The molecule has 2 N–H and O–H groups in total. The Hall–Kier alpha value is -3.99. The zero-order valence-electron chi connectivity index (χ0n) is 16.4. The molecule has 32 heavy (non-hydrogen) atoms. The van der Waals surface area contributed by atoms with Gasteiger partial charge in [0.15, 0.2) is 22.5 Å². The van der Waals surface area contributed by atoms with E-state index in [0.717, 1.165) is 28.2 Å². The number of halogens is 2. The largest absolute Gasteiger partial charge is 0.476 e. The number of carboxylic acids is 1. The Balaban J connectivity index is 1.62. The van der Waals surface area contributed by atoms with Crippen molar-refractivity contribution in [3.8, 4) is 11.3 Å². The number of amides is 1. The van der Waals surface area contributed by atoms with Crippen LogP contribution in [0.15, 0.2) is 52.6 Å². The van der Waals surface area contributed by atoms with Crippen LogP contribution >= 0.6 is 11.3 Å². The molecule has 4 aromatic rings. The van der Waals surface area contributed by atoms with Crippen molar-refractivity contribution in [3.05, 3.63) is 75.5 Å². The average Bonchev–Trinajstić information content (AvgIpc) is 3.24. The number of hydrogen-bond acceptors (Lipinski definition) is 6. The van der Waals surface area contributed by atoms with Crippen LogP contribution in [0.25, 0.3) is 22.0 Å². The van der Waals surface area contributed by atoms with Crippen molar-refractivity contribution in [2.45, 2.75) is 13.0 Å². The second-order valence-corrected chi connectivity index (χ2v) is 7.64. The third-order valence-electron chi connectivity index (χ3n) is 4.73. The Morgan fingerprint density at radius 3 is 2.53 bits per heavy atom. The fourth-order valence-electron chi connectivity index (χ4n) is 3.07. The van der Waals surface area contributed by atoms with Crippen LogP contribution in [-0.4, -0.2) is 31.7 Å². The van der Waals surface area contributed by atoms with E-state index in [-0.39, 0.29) is 21.6 Å². The molecule has 162 valence electrons. The van der Waals surface area contributed by atoms with E-state index in [4.69, 9.17) is 0 Å². The van der Waals surface area contributed by atoms with Gasteiger partial charge in [-0.15, -0.1) is 11.3 Å². The van der Waals surface area contributed by atoms with Gasteiger partial charge in [-0.2, -0.15) is 5.10 Å². The van der Waals surface area contributed by atoms with Crippen LogP contribution in [0.2, 0.25) is 0 Å². The minimum atomic E-state index is -1.33. The molecule has 8 nitrogen and oxygen atoms in total. The molecule has 0 fully saturated rings. The van der Waals surface area contributed by atoms with Crippen LogP contribution in [-0.2, 0) is 4.79 Å². The molecule has 1 atom stereocenters. The van der Waals surface area contributed by atoms with Gasteiger partial charge in [0, 0.05) is 16.3 Å². The van der Waals surface area contributed by atoms with E-state index >= 15 is 0 Å². The van der Waals surface area contributed by atoms with Gasteiger partial charge < -0.3 is 10.4 Å². The molecule has 4 rings (SSSR count). The van der Waals surface area contributed by atoms with Gasteiger partial charge in [0.2, 0.25) is 0 Å². The third kappa shape index (κ3) is 3.85. The zero-order valence-corrected chi connectivity index (χ0v) is 17.2. The van der Waals surface area contributed by atoms with Crippen molar-refractivity contribution in [2.75, 3.05) is 5.32 Å². The van der Waals surface area contributed by atoms with E-state index < -0.39 is 35.1 Å². The molecule has 11 heteroatoms. The van der Waals surface area contributed by atoms with Crippen molar-refractivity contribution in [1.29, 1.82) is 0 Å². The summed E-state index contributed by atoms with van der Waals surface area (Å²) < 4.78 is 27.4. The molecule has 2 aromatic carbocycles. The first-order valence-corrected chi connectivity index (χ1v) is 10.1. The Morgan fingerprint density at radius 2 is 1.84 bits per heavy atom. The lowest BCUT2D eigenvalue weighted by molar-refractivity contribution is -0.119. The number of carbonyl (C=O) groups excluding carboxylic acids is 1. The Kier molecular flexibility index (Phi) is 5.49. The molecular formula is C21H14F2N4O4S. The van der Waals surface area contributed by atoms with E-state index in [0.29, 0.717) is 11.3 Å². The minimum absolute atomic E-state index is 0.120. The molecule has 2 heterocycles. The van der Waals surface area contributed by atoms with Crippen molar-refractivity contribution in [2.24, 2.45) is 0 Å². The van der Waals surface area contributed by atoms with Crippen molar-refractivity contribution >= 4 is 39.1 Å². The van der Waals surface area contributed by atoms with Crippen LogP contribution in [0.1, 0.15) is 23.5 Å². The zero-order chi connectivity index (χ0) is 23.0. The first-order valence-electron chi connectivity index (χ1n) is 9.23. The highest BCUT2D eigenvalue weighted by atomic mass is 32.1. The van der Waals surface area contributed by atoms with Crippen molar-refractivity contribution in [3.63, 3.8) is 0 Å². The maximum Gasteiger partial charge on any atom is 0.357 e. The van der Waals surface area contributed by atoms with Gasteiger partial charge in [-0.1, -0.05) is 18.2 Å². The molecule has 1 unspecified atom stereocenters. The summed E-state index contributed by atoms with van der Waals surface area (Å²) in [5.74, 6) is -4.00. The van der Waals surface area contributed by atoms with Gasteiger partial charge in [-0.25, -0.2) is 23.2 Å². The summed E-state index contributed by atoms with van der Waals surface area (Å²) in [5.41, 5.74) is -0.317. The molecule has 0 aliphatic heterocycles. The van der Waals surface area contributed by atoms with Crippen molar-refractivity contribution in [1.82, 2.24) is 14.8 Å². The molecule has 0 saturated carbocycles. The van der Waals surface area contributed by atoms with Gasteiger partial charge in [-0.3, -0.25) is 9.59 Å². The second-order valence-electron chi connectivity index (χ2n) is 6.78. The Labute approximate surface area is 182 Å². The number of anilines is 1. The lowest BCUT2D eigenvalue weighted by Crippen LogP contribution is -2.34. The molecule has 0 saturated heterocycles. The van der Waals surface area contributed by atoms with E-state index in [9.17, 15) is 28.3 Å². The predicted octanol–water partition coefficient (Wildman–Crippen LogP) is 3.70. The molecule has 2 aromatic heterocycles. The highest BCUT2D eigenvalue weighted by Crippen LogP contribution is 2.26.